The molecule has 0 spiro atoms. The summed E-state index contributed by atoms with van der Waals surface area (Å²) in [7, 11) is 0. The van der Waals surface area contributed by atoms with Crippen molar-refractivity contribution in [1.82, 2.24) is 4.90 Å². The standard InChI is InChI=1S/C21H16N2O4S2/c1-12-5-4-6-13(9-12)10-22-15-8-3-2-7-14(15)17(19(22)26)18-20(27)23(11-16(24)25)21(28)29-18/h2-9H,10-11H2,1H3,(H,24,25)/b18-17+. The Kier molecular flexibility index (Phi) is 4.97. The molecule has 1 fully saturated rings. The lowest BCUT2D eigenvalue weighted by atomic mass is 10.1. The Labute approximate surface area is 176 Å². The number of amides is 2. The van der Waals surface area contributed by atoms with Crippen molar-refractivity contribution in [2.24, 2.45) is 0 Å². The lowest BCUT2D eigenvalue weighted by Gasteiger charge is -2.17. The molecular formula is C21H16N2O4S2. The number of carbonyl (C=O) groups excluding carboxylic acids is 2. The normalized spacial score (nSPS) is 18.6. The predicted molar refractivity (Wildman–Crippen MR) is 115 cm³/mol. The number of carboxylic acid groups (broad SMARTS) is 1. The fraction of sp³-hybridized carbons (Fsp3) is 0.143. The first kappa shape index (κ1) is 19.4. The van der Waals surface area contributed by atoms with E-state index in [2.05, 4.69) is 0 Å². The summed E-state index contributed by atoms with van der Waals surface area (Å²) >= 11 is 6.16. The number of aliphatic carboxylic acids is 1. The third kappa shape index (κ3) is 3.45. The third-order valence-electron chi connectivity index (χ3n) is 4.72. The molecule has 2 aromatic carbocycles. The fourth-order valence-corrected chi connectivity index (χ4v) is 4.80. The van der Waals surface area contributed by atoms with E-state index in [4.69, 9.17) is 17.3 Å². The highest BCUT2D eigenvalue weighted by molar-refractivity contribution is 8.26. The van der Waals surface area contributed by atoms with Gasteiger partial charge in [-0.1, -0.05) is 72.0 Å². The van der Waals surface area contributed by atoms with Crippen molar-refractivity contribution in [2.75, 3.05) is 11.4 Å². The number of benzene rings is 2. The Bertz CT molecular complexity index is 1110. The van der Waals surface area contributed by atoms with E-state index in [1.54, 1.807) is 17.0 Å². The molecule has 6 nitrogen and oxygen atoms in total. The second kappa shape index (κ2) is 7.46. The van der Waals surface area contributed by atoms with E-state index in [0.29, 0.717) is 12.1 Å². The van der Waals surface area contributed by atoms with Crippen molar-refractivity contribution in [1.29, 1.82) is 0 Å². The van der Waals surface area contributed by atoms with Crippen LogP contribution < -0.4 is 4.90 Å². The average molecular weight is 425 g/mol. The fourth-order valence-electron chi connectivity index (χ4n) is 3.47. The van der Waals surface area contributed by atoms with Crippen molar-refractivity contribution in [2.45, 2.75) is 13.5 Å². The highest BCUT2D eigenvalue weighted by Crippen LogP contribution is 2.44. The SMILES string of the molecule is Cc1cccc(CN2C(=O)/C(=C3/SC(=S)N(CC(=O)O)C3=O)c3ccccc32)c1. The molecule has 2 aliphatic heterocycles. The minimum atomic E-state index is -1.16. The summed E-state index contributed by atoms with van der Waals surface area (Å²) in [6.45, 7) is 1.84. The van der Waals surface area contributed by atoms with Crippen LogP contribution in [-0.4, -0.2) is 38.7 Å². The second-order valence-corrected chi connectivity index (χ2v) is 8.40. The summed E-state index contributed by atoms with van der Waals surface area (Å²) in [4.78, 5) is 40.1. The second-order valence-electron chi connectivity index (χ2n) is 6.75. The van der Waals surface area contributed by atoms with Gasteiger partial charge in [-0.3, -0.25) is 19.3 Å². The van der Waals surface area contributed by atoms with Crippen LogP contribution in [0.15, 0.2) is 53.4 Å². The number of fused-ring (bicyclic) bond motifs is 1. The maximum absolute atomic E-state index is 13.3. The third-order valence-corrected chi connectivity index (χ3v) is 6.16. The molecule has 0 saturated carbocycles. The van der Waals surface area contributed by atoms with Crippen molar-refractivity contribution >= 4 is 57.3 Å². The first-order valence-corrected chi connectivity index (χ1v) is 10.1. The van der Waals surface area contributed by atoms with Crippen LogP contribution in [-0.2, 0) is 20.9 Å². The Morgan fingerprint density at radius 3 is 2.55 bits per heavy atom. The van der Waals surface area contributed by atoms with Gasteiger partial charge in [0, 0.05) is 5.56 Å². The van der Waals surface area contributed by atoms with Crippen LogP contribution in [0.2, 0.25) is 0 Å². The highest BCUT2D eigenvalue weighted by Gasteiger charge is 2.42. The summed E-state index contributed by atoms with van der Waals surface area (Å²) in [6.07, 6.45) is 0. The minimum Gasteiger partial charge on any atom is -0.480 e. The first-order chi connectivity index (χ1) is 13.9. The summed E-state index contributed by atoms with van der Waals surface area (Å²) in [5.41, 5.74) is 3.72. The lowest BCUT2D eigenvalue weighted by molar-refractivity contribution is -0.140. The zero-order valence-corrected chi connectivity index (χ0v) is 17.0. The van der Waals surface area contributed by atoms with Crippen molar-refractivity contribution in [3.63, 3.8) is 0 Å². The van der Waals surface area contributed by atoms with Gasteiger partial charge in [-0.15, -0.1) is 0 Å². The number of rotatable bonds is 4. The molecule has 0 radical (unpaired) electrons. The Hall–Kier alpha value is -2.97. The molecule has 2 amide bonds. The quantitative estimate of drug-likeness (QED) is 0.600. The molecule has 29 heavy (non-hydrogen) atoms. The van der Waals surface area contributed by atoms with E-state index >= 15 is 0 Å². The van der Waals surface area contributed by atoms with Gasteiger partial charge in [0.05, 0.1) is 22.7 Å². The van der Waals surface area contributed by atoms with Crippen molar-refractivity contribution < 1.29 is 19.5 Å². The number of thiocarbonyl (C=S) groups is 1. The smallest absolute Gasteiger partial charge is 0.323 e. The number of aryl methyl sites for hydroxylation is 1. The monoisotopic (exact) mass is 424 g/mol. The summed E-state index contributed by atoms with van der Waals surface area (Å²) in [6, 6.07) is 15.2. The summed E-state index contributed by atoms with van der Waals surface area (Å²) in [5.74, 6) is -1.99. The molecule has 2 heterocycles. The largest absolute Gasteiger partial charge is 0.480 e. The van der Waals surface area contributed by atoms with Crippen LogP contribution in [0.3, 0.4) is 0 Å². The molecule has 1 N–H and O–H groups in total. The predicted octanol–water partition coefficient (Wildman–Crippen LogP) is 3.20. The van der Waals surface area contributed by atoms with Crippen LogP contribution in [0.5, 0.6) is 0 Å². The van der Waals surface area contributed by atoms with Crippen LogP contribution in [0, 0.1) is 6.92 Å². The molecule has 146 valence electrons. The topological polar surface area (TPSA) is 77.9 Å². The Balaban J connectivity index is 1.77. The van der Waals surface area contributed by atoms with Gasteiger partial charge in [0.2, 0.25) is 0 Å². The van der Waals surface area contributed by atoms with Gasteiger partial charge >= 0.3 is 5.97 Å². The van der Waals surface area contributed by atoms with E-state index in [1.165, 1.54) is 0 Å². The van der Waals surface area contributed by atoms with Crippen LogP contribution in [0.1, 0.15) is 16.7 Å². The van der Waals surface area contributed by atoms with E-state index < -0.39 is 18.4 Å². The molecule has 0 bridgehead atoms. The molecule has 2 aliphatic rings. The molecule has 0 aliphatic carbocycles. The van der Waals surface area contributed by atoms with Gasteiger partial charge in [0.1, 0.15) is 10.9 Å². The molecule has 0 aromatic heterocycles. The zero-order valence-electron chi connectivity index (χ0n) is 15.4. The maximum atomic E-state index is 13.3. The van der Waals surface area contributed by atoms with Crippen LogP contribution in [0.4, 0.5) is 5.69 Å². The molecule has 8 heteroatoms. The van der Waals surface area contributed by atoms with Crippen LogP contribution in [0.25, 0.3) is 5.57 Å². The molecule has 4 rings (SSSR count). The number of nitrogens with zero attached hydrogens (tertiary/aromatic N) is 2. The van der Waals surface area contributed by atoms with Crippen molar-refractivity contribution in [3.8, 4) is 0 Å². The minimum absolute atomic E-state index is 0.141. The van der Waals surface area contributed by atoms with Gasteiger partial charge in [0.25, 0.3) is 11.8 Å². The molecule has 0 atom stereocenters. The Morgan fingerprint density at radius 2 is 1.83 bits per heavy atom. The van der Waals surface area contributed by atoms with E-state index in [0.717, 1.165) is 33.5 Å². The number of carboxylic acids is 1. The molecular weight excluding hydrogens is 408 g/mol. The summed E-state index contributed by atoms with van der Waals surface area (Å²) in [5, 5.41) is 9.05. The van der Waals surface area contributed by atoms with E-state index in [-0.39, 0.29) is 20.7 Å². The van der Waals surface area contributed by atoms with Gasteiger partial charge in [-0.05, 0) is 18.6 Å². The van der Waals surface area contributed by atoms with Gasteiger partial charge in [-0.25, -0.2) is 0 Å². The summed E-state index contributed by atoms with van der Waals surface area (Å²) < 4.78 is 0.141. The average Bonchev–Trinajstić information content (AvgIpc) is 3.10. The number of thioether (sulfide) groups is 1. The zero-order chi connectivity index (χ0) is 20.7. The first-order valence-electron chi connectivity index (χ1n) is 8.83. The van der Waals surface area contributed by atoms with E-state index in [1.807, 2.05) is 43.3 Å². The van der Waals surface area contributed by atoms with Crippen LogP contribution >= 0.6 is 24.0 Å². The molecule has 1 saturated heterocycles. The van der Waals surface area contributed by atoms with Gasteiger partial charge in [0.15, 0.2) is 0 Å². The van der Waals surface area contributed by atoms with Gasteiger partial charge < -0.3 is 10.0 Å². The maximum Gasteiger partial charge on any atom is 0.323 e. The van der Waals surface area contributed by atoms with Crippen molar-refractivity contribution in [3.05, 3.63) is 70.1 Å². The number of anilines is 1. The number of carbonyl (C=O) groups is 3. The molecule has 0 unspecified atom stereocenters. The highest BCUT2D eigenvalue weighted by atomic mass is 32.2. The lowest BCUT2D eigenvalue weighted by Crippen LogP contribution is -2.33. The Morgan fingerprint density at radius 1 is 1.07 bits per heavy atom. The molecule has 2 aromatic rings. The number of para-hydroxylation sites is 1. The van der Waals surface area contributed by atoms with E-state index in [9.17, 15) is 14.4 Å². The number of hydrogen-bond donors (Lipinski definition) is 1. The number of hydrogen-bond acceptors (Lipinski definition) is 5. The van der Waals surface area contributed by atoms with Gasteiger partial charge in [-0.2, -0.15) is 0 Å².